The van der Waals surface area contributed by atoms with Crippen LogP contribution in [0.5, 0.6) is 0 Å². The third kappa shape index (κ3) is 4.89. The normalized spacial score (nSPS) is 10.2. The summed E-state index contributed by atoms with van der Waals surface area (Å²) in [5, 5.41) is 14.7. The summed E-state index contributed by atoms with van der Waals surface area (Å²) in [6, 6.07) is 16.8. The number of nitrogens with zero attached hydrogens (tertiary/aromatic N) is 3. The highest BCUT2D eigenvalue weighted by atomic mass is 19.1. The second kappa shape index (κ2) is 8.73. The highest BCUT2D eigenvalue weighted by Gasteiger charge is 2.11. The Kier molecular flexibility index (Phi) is 5.92. The smallest absolute Gasteiger partial charge is 0.274 e. The number of carbonyl (C=O) groups excluding carboxylic acids is 1. The minimum absolute atomic E-state index is 0.197. The van der Waals surface area contributed by atoms with Crippen LogP contribution in [-0.2, 0) is 6.42 Å². The Morgan fingerprint density at radius 3 is 2.75 bits per heavy atom. The van der Waals surface area contributed by atoms with Gasteiger partial charge in [0, 0.05) is 17.9 Å². The van der Waals surface area contributed by atoms with Crippen LogP contribution < -0.4 is 10.6 Å². The maximum absolute atomic E-state index is 13.7. The predicted octanol–water partition coefficient (Wildman–Crippen LogP) is 3.70. The van der Waals surface area contributed by atoms with E-state index in [-0.39, 0.29) is 11.5 Å². The molecule has 0 fully saturated rings. The molecule has 0 saturated heterocycles. The van der Waals surface area contributed by atoms with Gasteiger partial charge in [0.2, 0.25) is 5.95 Å². The van der Waals surface area contributed by atoms with Gasteiger partial charge in [-0.05, 0) is 49.2 Å². The average molecular weight is 375 g/mol. The fourth-order valence-electron chi connectivity index (χ4n) is 2.64. The summed E-state index contributed by atoms with van der Waals surface area (Å²) in [6.45, 7) is 2.19. The van der Waals surface area contributed by atoms with Crippen LogP contribution in [-0.4, -0.2) is 22.4 Å². The summed E-state index contributed by atoms with van der Waals surface area (Å²) in [6.07, 6.45) is 0.465. The molecule has 0 spiro atoms. The zero-order valence-corrected chi connectivity index (χ0v) is 15.2. The zero-order valence-electron chi connectivity index (χ0n) is 15.2. The highest BCUT2D eigenvalue weighted by Crippen LogP contribution is 2.13. The van der Waals surface area contributed by atoms with E-state index >= 15 is 0 Å². The molecule has 0 atom stereocenters. The number of carbonyl (C=O) groups is 1. The number of hydrogen-bond acceptors (Lipinski definition) is 5. The molecule has 0 unspecified atom stereocenters. The van der Waals surface area contributed by atoms with Crippen LogP contribution >= 0.6 is 0 Å². The van der Waals surface area contributed by atoms with Crippen molar-refractivity contribution in [3.05, 3.63) is 82.9 Å². The van der Waals surface area contributed by atoms with Crippen LogP contribution in [0.2, 0.25) is 0 Å². The van der Waals surface area contributed by atoms with Gasteiger partial charge in [0.15, 0.2) is 0 Å². The Bertz CT molecular complexity index is 1040. The highest BCUT2D eigenvalue weighted by molar-refractivity contribution is 6.03. The summed E-state index contributed by atoms with van der Waals surface area (Å²) in [7, 11) is 0. The van der Waals surface area contributed by atoms with Crippen LogP contribution in [0.15, 0.2) is 54.6 Å². The topological polar surface area (TPSA) is 90.7 Å². The molecule has 0 aliphatic heterocycles. The molecule has 1 heterocycles. The van der Waals surface area contributed by atoms with Crippen LogP contribution in [0.3, 0.4) is 0 Å². The molecule has 0 aliphatic carbocycles. The number of halogens is 1. The summed E-state index contributed by atoms with van der Waals surface area (Å²) in [5.41, 5.74) is 2.38. The van der Waals surface area contributed by atoms with E-state index in [2.05, 4.69) is 20.6 Å². The largest absolute Gasteiger partial charge is 0.354 e. The van der Waals surface area contributed by atoms with Crippen molar-refractivity contribution in [2.75, 3.05) is 17.2 Å². The predicted molar refractivity (Wildman–Crippen MR) is 104 cm³/mol. The van der Waals surface area contributed by atoms with Crippen molar-refractivity contribution >= 4 is 17.5 Å². The lowest BCUT2D eigenvalue weighted by molar-refractivity contribution is 0.102. The quantitative estimate of drug-likeness (QED) is 0.685. The van der Waals surface area contributed by atoms with Crippen molar-refractivity contribution in [2.45, 2.75) is 13.3 Å². The van der Waals surface area contributed by atoms with E-state index in [0.29, 0.717) is 41.4 Å². The van der Waals surface area contributed by atoms with Crippen LogP contribution in [0.1, 0.15) is 27.3 Å². The Morgan fingerprint density at radius 1 is 1.14 bits per heavy atom. The maximum atomic E-state index is 13.7. The summed E-state index contributed by atoms with van der Waals surface area (Å²) < 4.78 is 13.7. The van der Waals surface area contributed by atoms with E-state index in [9.17, 15) is 9.18 Å². The third-order valence-corrected chi connectivity index (χ3v) is 3.97. The van der Waals surface area contributed by atoms with Crippen molar-refractivity contribution in [1.82, 2.24) is 9.97 Å². The molecule has 3 rings (SSSR count). The minimum atomic E-state index is -0.405. The van der Waals surface area contributed by atoms with Gasteiger partial charge in [-0.25, -0.2) is 14.4 Å². The molecular weight excluding hydrogens is 357 g/mol. The lowest BCUT2D eigenvalue weighted by atomic mass is 10.1. The average Bonchev–Trinajstić information content (AvgIpc) is 2.69. The first kappa shape index (κ1) is 19.0. The Morgan fingerprint density at radius 2 is 1.96 bits per heavy atom. The molecule has 1 aromatic heterocycles. The van der Waals surface area contributed by atoms with E-state index in [1.807, 2.05) is 6.07 Å². The standard InChI is InChI=1S/C21H18FN5O/c1-14-11-19(20(28)26-17-7-4-5-15(12-17)13-23)27-21(25-14)24-10-9-16-6-2-3-8-18(16)22/h2-8,11-12H,9-10H2,1H3,(H,26,28)(H,24,25,27). The molecule has 0 saturated carbocycles. The maximum Gasteiger partial charge on any atom is 0.274 e. The second-order valence-electron chi connectivity index (χ2n) is 6.13. The second-order valence-corrected chi connectivity index (χ2v) is 6.13. The molecule has 1 amide bonds. The Hall–Kier alpha value is -3.79. The number of nitriles is 1. The van der Waals surface area contributed by atoms with Crippen molar-refractivity contribution in [2.24, 2.45) is 0 Å². The monoisotopic (exact) mass is 375 g/mol. The first-order valence-corrected chi connectivity index (χ1v) is 8.69. The Balaban J connectivity index is 1.67. The molecule has 0 bridgehead atoms. The van der Waals surface area contributed by atoms with Crippen molar-refractivity contribution < 1.29 is 9.18 Å². The fourth-order valence-corrected chi connectivity index (χ4v) is 2.64. The van der Waals surface area contributed by atoms with Crippen molar-refractivity contribution in [3.63, 3.8) is 0 Å². The van der Waals surface area contributed by atoms with Gasteiger partial charge in [0.25, 0.3) is 5.91 Å². The summed E-state index contributed by atoms with van der Waals surface area (Å²) in [4.78, 5) is 21.0. The van der Waals surface area contributed by atoms with Crippen molar-refractivity contribution in [3.8, 4) is 6.07 Å². The summed E-state index contributed by atoms with van der Waals surface area (Å²) >= 11 is 0. The van der Waals surface area contributed by atoms with Gasteiger partial charge in [-0.15, -0.1) is 0 Å². The van der Waals surface area contributed by atoms with Crippen LogP contribution in [0, 0.1) is 24.1 Å². The first-order valence-electron chi connectivity index (χ1n) is 8.69. The molecule has 3 aromatic rings. The zero-order chi connectivity index (χ0) is 19.9. The molecule has 140 valence electrons. The number of aryl methyl sites for hydroxylation is 1. The first-order chi connectivity index (χ1) is 13.5. The number of rotatable bonds is 6. The lowest BCUT2D eigenvalue weighted by Gasteiger charge is -2.09. The number of nitrogens with one attached hydrogen (secondary N) is 2. The van der Waals surface area contributed by atoms with E-state index in [1.54, 1.807) is 55.5 Å². The van der Waals surface area contributed by atoms with Gasteiger partial charge in [-0.3, -0.25) is 4.79 Å². The number of benzene rings is 2. The van der Waals surface area contributed by atoms with Gasteiger partial charge >= 0.3 is 0 Å². The molecule has 28 heavy (non-hydrogen) atoms. The number of anilines is 2. The van der Waals surface area contributed by atoms with Gasteiger partial charge in [-0.1, -0.05) is 24.3 Å². The molecular formula is C21H18FN5O. The third-order valence-electron chi connectivity index (χ3n) is 3.97. The summed E-state index contributed by atoms with van der Waals surface area (Å²) in [5.74, 6) is -0.362. The molecule has 2 N–H and O–H groups in total. The van der Waals surface area contributed by atoms with Gasteiger partial charge in [0.05, 0.1) is 11.6 Å². The van der Waals surface area contributed by atoms with E-state index < -0.39 is 5.91 Å². The molecule has 2 aromatic carbocycles. The van der Waals surface area contributed by atoms with Gasteiger partial charge in [-0.2, -0.15) is 5.26 Å². The van der Waals surface area contributed by atoms with Crippen LogP contribution in [0.25, 0.3) is 0 Å². The Labute approximate surface area is 162 Å². The lowest BCUT2D eigenvalue weighted by Crippen LogP contribution is -2.17. The van der Waals surface area contributed by atoms with E-state index in [4.69, 9.17) is 5.26 Å². The van der Waals surface area contributed by atoms with E-state index in [1.165, 1.54) is 6.07 Å². The molecule has 6 nitrogen and oxygen atoms in total. The number of hydrogen-bond donors (Lipinski definition) is 2. The minimum Gasteiger partial charge on any atom is -0.354 e. The SMILES string of the molecule is Cc1cc(C(=O)Nc2cccc(C#N)c2)nc(NCCc2ccccc2F)n1. The van der Waals surface area contributed by atoms with Gasteiger partial charge in [0.1, 0.15) is 11.5 Å². The molecule has 7 heteroatoms. The van der Waals surface area contributed by atoms with Crippen LogP contribution in [0.4, 0.5) is 16.0 Å². The van der Waals surface area contributed by atoms with Crippen molar-refractivity contribution in [1.29, 1.82) is 5.26 Å². The van der Waals surface area contributed by atoms with E-state index in [0.717, 1.165) is 0 Å². The number of aromatic nitrogens is 2. The number of amides is 1. The molecule has 0 aliphatic rings. The van der Waals surface area contributed by atoms with Gasteiger partial charge < -0.3 is 10.6 Å². The molecule has 0 radical (unpaired) electrons. The fraction of sp³-hybridized carbons (Fsp3) is 0.143.